The Balaban J connectivity index is 1.86. The molecule has 0 aromatic carbocycles. The Labute approximate surface area is 106 Å². The molecule has 1 atom stereocenters. The smallest absolute Gasteiger partial charge is 0.167 e. The van der Waals surface area contributed by atoms with Gasteiger partial charge in [-0.25, -0.2) is 0 Å². The molecule has 1 aromatic heterocycles. The fourth-order valence-corrected chi connectivity index (χ4v) is 2.79. The number of morpholine rings is 1. The fourth-order valence-electron chi connectivity index (χ4n) is 2.12. The second kappa shape index (κ2) is 6.28. The molecular formula is C13H19NO2S. The highest BCUT2D eigenvalue weighted by Crippen LogP contribution is 2.12. The van der Waals surface area contributed by atoms with Crippen molar-refractivity contribution in [2.75, 3.05) is 26.2 Å². The predicted octanol–water partition coefficient (Wildman–Crippen LogP) is 1.97. The SMILES string of the molecule is CCCN1CCOC(C(=O)Cc2ccsc2)C1. The van der Waals surface area contributed by atoms with E-state index in [9.17, 15) is 4.79 Å². The molecule has 0 N–H and O–H groups in total. The topological polar surface area (TPSA) is 29.5 Å². The summed E-state index contributed by atoms with van der Waals surface area (Å²) < 4.78 is 5.58. The Morgan fingerprint density at radius 1 is 1.65 bits per heavy atom. The van der Waals surface area contributed by atoms with E-state index < -0.39 is 0 Å². The summed E-state index contributed by atoms with van der Waals surface area (Å²) >= 11 is 1.63. The van der Waals surface area contributed by atoms with Gasteiger partial charge >= 0.3 is 0 Å². The van der Waals surface area contributed by atoms with Crippen LogP contribution in [0, 0.1) is 0 Å². The summed E-state index contributed by atoms with van der Waals surface area (Å²) in [5.74, 6) is 0.212. The average Bonchev–Trinajstić information content (AvgIpc) is 2.83. The number of Topliss-reactive ketones (excluding diaryl/α,β-unsaturated/α-hetero) is 1. The van der Waals surface area contributed by atoms with E-state index in [1.54, 1.807) is 11.3 Å². The van der Waals surface area contributed by atoms with Gasteiger partial charge in [0.25, 0.3) is 0 Å². The second-order valence-corrected chi connectivity index (χ2v) is 5.21. The maximum atomic E-state index is 12.1. The zero-order valence-electron chi connectivity index (χ0n) is 10.2. The minimum Gasteiger partial charge on any atom is -0.368 e. The van der Waals surface area contributed by atoms with Gasteiger partial charge in [0.15, 0.2) is 5.78 Å². The van der Waals surface area contributed by atoms with Crippen LogP contribution in [0.4, 0.5) is 0 Å². The maximum absolute atomic E-state index is 12.1. The predicted molar refractivity (Wildman–Crippen MR) is 69.5 cm³/mol. The second-order valence-electron chi connectivity index (χ2n) is 4.43. The lowest BCUT2D eigenvalue weighted by molar-refractivity contribution is -0.135. The number of carbonyl (C=O) groups is 1. The highest BCUT2D eigenvalue weighted by atomic mass is 32.1. The van der Waals surface area contributed by atoms with Gasteiger partial charge in [0.2, 0.25) is 0 Å². The first-order valence-corrected chi connectivity index (χ1v) is 7.11. The highest BCUT2D eigenvalue weighted by molar-refractivity contribution is 7.07. The Bertz CT molecular complexity index is 348. The highest BCUT2D eigenvalue weighted by Gasteiger charge is 2.25. The maximum Gasteiger partial charge on any atom is 0.167 e. The molecule has 0 amide bonds. The summed E-state index contributed by atoms with van der Waals surface area (Å²) in [5.41, 5.74) is 1.11. The van der Waals surface area contributed by atoms with E-state index in [0.29, 0.717) is 13.0 Å². The summed E-state index contributed by atoms with van der Waals surface area (Å²) in [4.78, 5) is 14.4. The van der Waals surface area contributed by atoms with Crippen molar-refractivity contribution < 1.29 is 9.53 Å². The first kappa shape index (κ1) is 12.7. The summed E-state index contributed by atoms with van der Waals surface area (Å²) in [6.07, 6.45) is 1.41. The summed E-state index contributed by atoms with van der Waals surface area (Å²) in [6.45, 7) is 5.62. The quantitative estimate of drug-likeness (QED) is 0.803. The number of nitrogens with zero attached hydrogens (tertiary/aromatic N) is 1. The monoisotopic (exact) mass is 253 g/mol. The Kier molecular flexibility index (Phi) is 4.71. The Morgan fingerprint density at radius 2 is 2.53 bits per heavy atom. The van der Waals surface area contributed by atoms with Crippen LogP contribution in [-0.4, -0.2) is 43.0 Å². The van der Waals surface area contributed by atoms with Crippen LogP contribution in [0.3, 0.4) is 0 Å². The minimum absolute atomic E-state index is 0.212. The molecule has 0 radical (unpaired) electrons. The normalized spacial score (nSPS) is 21.6. The molecule has 2 heterocycles. The molecule has 3 nitrogen and oxygen atoms in total. The Hall–Kier alpha value is -0.710. The van der Waals surface area contributed by atoms with Gasteiger partial charge in [0.05, 0.1) is 6.61 Å². The van der Waals surface area contributed by atoms with Gasteiger partial charge in [-0.3, -0.25) is 9.69 Å². The molecule has 2 rings (SSSR count). The summed E-state index contributed by atoms with van der Waals surface area (Å²) in [6, 6.07) is 2.01. The molecule has 0 saturated carbocycles. The Morgan fingerprint density at radius 3 is 3.24 bits per heavy atom. The zero-order chi connectivity index (χ0) is 12.1. The van der Waals surface area contributed by atoms with E-state index in [2.05, 4.69) is 11.8 Å². The van der Waals surface area contributed by atoms with Crippen LogP contribution in [0.5, 0.6) is 0 Å². The summed E-state index contributed by atoms with van der Waals surface area (Å²) in [7, 11) is 0. The molecule has 0 spiro atoms. The van der Waals surface area contributed by atoms with Crippen molar-refractivity contribution in [1.29, 1.82) is 0 Å². The third-order valence-electron chi connectivity index (χ3n) is 3.01. The number of hydrogen-bond donors (Lipinski definition) is 0. The summed E-state index contributed by atoms with van der Waals surface area (Å²) in [5, 5.41) is 4.04. The molecule has 1 aliphatic heterocycles. The van der Waals surface area contributed by atoms with Gasteiger partial charge in [-0.2, -0.15) is 11.3 Å². The van der Waals surface area contributed by atoms with Crippen molar-refractivity contribution in [3.05, 3.63) is 22.4 Å². The molecule has 0 bridgehead atoms. The first-order chi connectivity index (χ1) is 8.29. The molecule has 0 aliphatic carbocycles. The lowest BCUT2D eigenvalue weighted by atomic mass is 10.1. The molecule has 17 heavy (non-hydrogen) atoms. The van der Waals surface area contributed by atoms with Crippen LogP contribution in [0.25, 0.3) is 0 Å². The number of ether oxygens (including phenoxy) is 1. The van der Waals surface area contributed by atoms with Gasteiger partial charge in [-0.1, -0.05) is 6.92 Å². The average molecular weight is 253 g/mol. The zero-order valence-corrected chi connectivity index (χ0v) is 11.0. The van der Waals surface area contributed by atoms with E-state index >= 15 is 0 Å². The van der Waals surface area contributed by atoms with E-state index in [1.807, 2.05) is 16.8 Å². The van der Waals surface area contributed by atoms with Crippen molar-refractivity contribution in [3.63, 3.8) is 0 Å². The standard InChI is InChI=1S/C13H19NO2S/c1-2-4-14-5-6-16-13(9-14)12(15)8-11-3-7-17-10-11/h3,7,10,13H,2,4-6,8-9H2,1H3. The van der Waals surface area contributed by atoms with Crippen LogP contribution >= 0.6 is 11.3 Å². The first-order valence-electron chi connectivity index (χ1n) is 6.17. The van der Waals surface area contributed by atoms with Crippen LogP contribution < -0.4 is 0 Å². The van der Waals surface area contributed by atoms with Crippen molar-refractivity contribution in [2.24, 2.45) is 0 Å². The molecule has 94 valence electrons. The van der Waals surface area contributed by atoms with Crippen LogP contribution in [0.2, 0.25) is 0 Å². The van der Waals surface area contributed by atoms with Gasteiger partial charge < -0.3 is 4.74 Å². The van der Waals surface area contributed by atoms with Crippen LogP contribution in [0.1, 0.15) is 18.9 Å². The molecule has 1 saturated heterocycles. The van der Waals surface area contributed by atoms with E-state index in [4.69, 9.17) is 4.74 Å². The number of carbonyl (C=O) groups excluding carboxylic acids is 1. The minimum atomic E-state index is -0.227. The molecule has 1 aromatic rings. The third-order valence-corrected chi connectivity index (χ3v) is 3.74. The van der Waals surface area contributed by atoms with Crippen LogP contribution in [0.15, 0.2) is 16.8 Å². The molecule has 1 fully saturated rings. The number of ketones is 1. The molecule has 1 aliphatic rings. The third kappa shape index (κ3) is 3.63. The number of hydrogen-bond acceptors (Lipinski definition) is 4. The molecule has 1 unspecified atom stereocenters. The van der Waals surface area contributed by atoms with Gasteiger partial charge in [0, 0.05) is 19.5 Å². The molecule has 4 heteroatoms. The number of rotatable bonds is 5. The lowest BCUT2D eigenvalue weighted by Crippen LogP contribution is -2.46. The van der Waals surface area contributed by atoms with E-state index in [-0.39, 0.29) is 11.9 Å². The van der Waals surface area contributed by atoms with Gasteiger partial charge in [0.1, 0.15) is 6.10 Å². The van der Waals surface area contributed by atoms with Gasteiger partial charge in [-0.15, -0.1) is 0 Å². The van der Waals surface area contributed by atoms with E-state index in [1.165, 1.54) is 0 Å². The van der Waals surface area contributed by atoms with Crippen molar-refractivity contribution in [2.45, 2.75) is 25.9 Å². The fraction of sp³-hybridized carbons (Fsp3) is 0.615. The van der Waals surface area contributed by atoms with Crippen molar-refractivity contribution in [1.82, 2.24) is 4.90 Å². The van der Waals surface area contributed by atoms with Gasteiger partial charge in [-0.05, 0) is 35.4 Å². The van der Waals surface area contributed by atoms with Crippen molar-refractivity contribution >= 4 is 17.1 Å². The van der Waals surface area contributed by atoms with Crippen LogP contribution in [-0.2, 0) is 16.0 Å². The van der Waals surface area contributed by atoms with Crippen molar-refractivity contribution in [3.8, 4) is 0 Å². The molecular weight excluding hydrogens is 234 g/mol. The lowest BCUT2D eigenvalue weighted by Gasteiger charge is -2.31. The number of thiophene rings is 1. The van der Waals surface area contributed by atoms with E-state index in [0.717, 1.165) is 31.6 Å². The largest absolute Gasteiger partial charge is 0.368 e.